The predicted molar refractivity (Wildman–Crippen MR) is 111 cm³/mol. The molecular formula is C20H21ClN4O5. The van der Waals surface area contributed by atoms with Gasteiger partial charge < -0.3 is 14.8 Å². The first kappa shape index (κ1) is 22.8. The summed E-state index contributed by atoms with van der Waals surface area (Å²) in [6.07, 6.45) is 2.34. The number of anilines is 1. The molecular weight excluding hydrogens is 412 g/mol. The number of aromatic nitrogens is 1. The minimum atomic E-state index is -0.736. The highest BCUT2D eigenvalue weighted by atomic mass is 35.5. The summed E-state index contributed by atoms with van der Waals surface area (Å²) >= 11 is 5.87. The van der Waals surface area contributed by atoms with Gasteiger partial charge in [0.05, 0.1) is 11.3 Å². The molecule has 2 N–H and O–H groups in total. The molecule has 0 aliphatic heterocycles. The summed E-state index contributed by atoms with van der Waals surface area (Å²) in [5.41, 5.74) is 3.41. The smallest absolute Gasteiger partial charge is 0.343 e. The Labute approximate surface area is 178 Å². The third-order valence-corrected chi connectivity index (χ3v) is 3.88. The predicted octanol–water partition coefficient (Wildman–Crippen LogP) is 3.74. The quantitative estimate of drug-likeness (QED) is 0.284. The van der Waals surface area contributed by atoms with Crippen LogP contribution in [0.15, 0.2) is 47.7 Å². The first-order chi connectivity index (χ1) is 14.4. The van der Waals surface area contributed by atoms with Gasteiger partial charge in [0.25, 0.3) is 0 Å². The van der Waals surface area contributed by atoms with E-state index in [1.165, 1.54) is 12.3 Å². The van der Waals surface area contributed by atoms with Crippen LogP contribution in [0.3, 0.4) is 0 Å². The standard InChI is InChI=1S/C20H21ClN4O5/c1-3-6-17(26)29-12-30-19(27)16-9-5-10-22-18(16)13(2)24-25-20(28)23-15-8-4-7-14(21)11-15/h4-5,7-11H,3,6,12H2,1-2H3,(H2,23,25,28). The highest BCUT2D eigenvalue weighted by molar-refractivity contribution is 6.30. The maximum absolute atomic E-state index is 12.3. The fourth-order valence-electron chi connectivity index (χ4n) is 2.27. The summed E-state index contributed by atoms with van der Waals surface area (Å²) in [7, 11) is 0. The lowest BCUT2D eigenvalue weighted by atomic mass is 10.1. The van der Waals surface area contributed by atoms with Gasteiger partial charge in [-0.3, -0.25) is 9.78 Å². The van der Waals surface area contributed by atoms with Crippen LogP contribution in [0.1, 0.15) is 42.7 Å². The first-order valence-electron chi connectivity index (χ1n) is 9.05. The molecule has 9 nitrogen and oxygen atoms in total. The summed E-state index contributed by atoms with van der Waals surface area (Å²) in [6, 6.07) is 9.07. The van der Waals surface area contributed by atoms with E-state index >= 15 is 0 Å². The van der Waals surface area contributed by atoms with Crippen LogP contribution in [0.5, 0.6) is 0 Å². The van der Waals surface area contributed by atoms with Gasteiger partial charge in [-0.25, -0.2) is 15.0 Å². The molecule has 0 saturated heterocycles. The molecule has 2 rings (SSSR count). The molecule has 0 unspecified atom stereocenters. The van der Waals surface area contributed by atoms with Gasteiger partial charge >= 0.3 is 18.0 Å². The number of esters is 2. The molecule has 0 atom stereocenters. The van der Waals surface area contributed by atoms with Gasteiger partial charge in [0.15, 0.2) is 0 Å². The average Bonchev–Trinajstić information content (AvgIpc) is 2.72. The third kappa shape index (κ3) is 7.17. The van der Waals surface area contributed by atoms with Gasteiger partial charge in [0, 0.05) is 23.3 Å². The first-order valence-corrected chi connectivity index (χ1v) is 9.43. The minimum Gasteiger partial charge on any atom is -0.428 e. The van der Waals surface area contributed by atoms with Crippen LogP contribution in [0.2, 0.25) is 5.02 Å². The molecule has 0 saturated carbocycles. The molecule has 1 heterocycles. The molecule has 0 radical (unpaired) electrons. The average molecular weight is 433 g/mol. The van der Waals surface area contributed by atoms with Crippen LogP contribution in [0.4, 0.5) is 10.5 Å². The zero-order valence-electron chi connectivity index (χ0n) is 16.5. The Kier molecular flexibility index (Phi) is 8.76. The number of halogens is 1. The Morgan fingerprint density at radius 1 is 1.17 bits per heavy atom. The summed E-state index contributed by atoms with van der Waals surface area (Å²) < 4.78 is 9.77. The molecule has 0 aliphatic carbocycles. The molecule has 0 spiro atoms. The highest BCUT2D eigenvalue weighted by Gasteiger charge is 2.17. The number of hydrazone groups is 1. The number of nitrogens with one attached hydrogen (secondary N) is 2. The minimum absolute atomic E-state index is 0.113. The number of pyridine rings is 1. The van der Waals surface area contributed by atoms with Crippen molar-refractivity contribution in [3.63, 3.8) is 0 Å². The maximum atomic E-state index is 12.3. The number of hydrogen-bond donors (Lipinski definition) is 2. The van der Waals surface area contributed by atoms with Crippen molar-refractivity contribution in [2.45, 2.75) is 26.7 Å². The zero-order valence-corrected chi connectivity index (χ0v) is 17.2. The van der Waals surface area contributed by atoms with Crippen molar-refractivity contribution < 1.29 is 23.9 Å². The molecule has 1 aromatic carbocycles. The topological polar surface area (TPSA) is 119 Å². The Bertz CT molecular complexity index is 948. The van der Waals surface area contributed by atoms with Crippen LogP contribution >= 0.6 is 11.6 Å². The Balaban J connectivity index is 1.99. The molecule has 10 heteroatoms. The fourth-order valence-corrected chi connectivity index (χ4v) is 2.46. The second-order valence-electron chi connectivity index (χ2n) is 5.99. The molecule has 30 heavy (non-hydrogen) atoms. The van der Waals surface area contributed by atoms with E-state index in [0.717, 1.165) is 0 Å². The number of benzene rings is 1. The molecule has 1 aromatic heterocycles. The number of carbonyl (C=O) groups excluding carboxylic acids is 3. The van der Waals surface area contributed by atoms with Gasteiger partial charge in [-0.15, -0.1) is 0 Å². The van der Waals surface area contributed by atoms with Crippen LogP contribution in [0.25, 0.3) is 0 Å². The number of carbonyl (C=O) groups is 3. The van der Waals surface area contributed by atoms with Crippen molar-refractivity contribution in [3.8, 4) is 0 Å². The van der Waals surface area contributed by atoms with E-state index in [9.17, 15) is 14.4 Å². The van der Waals surface area contributed by atoms with E-state index in [2.05, 4.69) is 20.8 Å². The fraction of sp³-hybridized carbons (Fsp3) is 0.250. The zero-order chi connectivity index (χ0) is 21.9. The molecule has 0 aliphatic rings. The SMILES string of the molecule is CCCC(=O)OCOC(=O)c1cccnc1C(C)=NNC(=O)Nc1cccc(Cl)c1. The van der Waals surface area contributed by atoms with Crippen molar-refractivity contribution in [1.29, 1.82) is 0 Å². The third-order valence-electron chi connectivity index (χ3n) is 3.64. The number of nitrogens with zero attached hydrogens (tertiary/aromatic N) is 2. The van der Waals surface area contributed by atoms with Gasteiger partial charge in [-0.05, 0) is 43.7 Å². The van der Waals surface area contributed by atoms with Crippen LogP contribution in [-0.2, 0) is 14.3 Å². The van der Waals surface area contributed by atoms with E-state index < -0.39 is 24.8 Å². The molecule has 0 fully saturated rings. The van der Waals surface area contributed by atoms with E-state index in [4.69, 9.17) is 21.1 Å². The molecule has 158 valence electrons. The summed E-state index contributed by atoms with van der Waals surface area (Å²) in [5.74, 6) is -1.19. The molecule has 2 aromatic rings. The number of rotatable bonds is 8. The lowest BCUT2D eigenvalue weighted by Crippen LogP contribution is -2.26. The summed E-state index contributed by atoms with van der Waals surface area (Å²) in [6.45, 7) is 2.91. The van der Waals surface area contributed by atoms with E-state index in [0.29, 0.717) is 17.1 Å². The van der Waals surface area contributed by atoms with Gasteiger partial charge in [0.1, 0.15) is 5.69 Å². The van der Waals surface area contributed by atoms with Crippen molar-refractivity contribution in [2.75, 3.05) is 12.1 Å². The van der Waals surface area contributed by atoms with Crippen LogP contribution in [0, 0.1) is 0 Å². The number of ether oxygens (including phenoxy) is 2. The summed E-state index contributed by atoms with van der Waals surface area (Å²) in [5, 5.41) is 7.00. The lowest BCUT2D eigenvalue weighted by Gasteiger charge is -2.09. The van der Waals surface area contributed by atoms with E-state index in [1.807, 2.05) is 6.92 Å². The lowest BCUT2D eigenvalue weighted by molar-refractivity contribution is -0.152. The Hall–Kier alpha value is -3.46. The van der Waals surface area contributed by atoms with Gasteiger partial charge in [-0.1, -0.05) is 24.6 Å². The van der Waals surface area contributed by atoms with Crippen molar-refractivity contribution in [3.05, 3.63) is 58.9 Å². The largest absolute Gasteiger partial charge is 0.428 e. The normalized spacial score (nSPS) is 10.8. The van der Waals surface area contributed by atoms with E-state index in [-0.39, 0.29) is 23.4 Å². The second kappa shape index (κ2) is 11.5. The Morgan fingerprint density at radius 2 is 1.97 bits per heavy atom. The van der Waals surface area contributed by atoms with Crippen LogP contribution in [-0.4, -0.2) is 35.5 Å². The number of hydrogen-bond acceptors (Lipinski definition) is 7. The second-order valence-corrected chi connectivity index (χ2v) is 6.43. The summed E-state index contributed by atoms with van der Waals surface area (Å²) in [4.78, 5) is 39.8. The highest BCUT2D eigenvalue weighted by Crippen LogP contribution is 2.14. The van der Waals surface area contributed by atoms with Crippen molar-refractivity contribution >= 4 is 41.0 Å². The monoisotopic (exact) mass is 432 g/mol. The molecule has 2 amide bonds. The maximum Gasteiger partial charge on any atom is 0.343 e. The van der Waals surface area contributed by atoms with Gasteiger partial charge in [0.2, 0.25) is 6.79 Å². The number of urea groups is 1. The van der Waals surface area contributed by atoms with E-state index in [1.54, 1.807) is 37.3 Å². The number of amides is 2. The van der Waals surface area contributed by atoms with Crippen molar-refractivity contribution in [2.24, 2.45) is 5.10 Å². The molecule has 0 bridgehead atoms. The van der Waals surface area contributed by atoms with Crippen molar-refractivity contribution in [1.82, 2.24) is 10.4 Å². The van der Waals surface area contributed by atoms with Gasteiger partial charge in [-0.2, -0.15) is 5.10 Å². The Morgan fingerprint density at radius 3 is 2.70 bits per heavy atom. The van der Waals surface area contributed by atoms with Crippen LogP contribution < -0.4 is 10.7 Å².